The molecule has 0 unspecified atom stereocenters. The molecule has 1 N–H and O–H groups in total. The number of benzene rings is 1. The van der Waals surface area contributed by atoms with Crippen molar-refractivity contribution in [2.45, 2.75) is 38.5 Å². The maximum atomic E-state index is 12.8. The van der Waals surface area contributed by atoms with Crippen LogP contribution in [0, 0.1) is 5.41 Å². The average molecular weight is 316 g/mol. The number of likely N-dealkylation sites (tertiary alicyclic amines) is 1. The first-order valence-electron chi connectivity index (χ1n) is 8.41. The van der Waals surface area contributed by atoms with Gasteiger partial charge in [0.05, 0.1) is 7.11 Å². The number of hydrogen-bond donors (Lipinski definition) is 1. The van der Waals surface area contributed by atoms with Crippen LogP contribution in [0.3, 0.4) is 0 Å². The summed E-state index contributed by atoms with van der Waals surface area (Å²) in [5.74, 6) is 0.590. The molecule has 1 aliphatic carbocycles. The van der Waals surface area contributed by atoms with E-state index in [9.17, 15) is 9.59 Å². The van der Waals surface area contributed by atoms with E-state index in [4.69, 9.17) is 4.74 Å². The van der Waals surface area contributed by atoms with Crippen molar-refractivity contribution in [2.75, 3.05) is 25.5 Å². The van der Waals surface area contributed by atoms with Crippen LogP contribution in [0.5, 0.6) is 5.75 Å². The number of nitrogens with zero attached hydrogens (tertiary/aromatic N) is 1. The normalized spacial score (nSPS) is 19.6. The first-order valence-corrected chi connectivity index (χ1v) is 8.41. The molecular formula is C18H24N2O3. The molecule has 5 nitrogen and oxygen atoms in total. The van der Waals surface area contributed by atoms with E-state index in [0.29, 0.717) is 18.5 Å². The van der Waals surface area contributed by atoms with E-state index < -0.39 is 5.41 Å². The van der Waals surface area contributed by atoms with Crippen LogP contribution in [0.4, 0.5) is 5.69 Å². The van der Waals surface area contributed by atoms with Gasteiger partial charge in [0.1, 0.15) is 11.2 Å². The van der Waals surface area contributed by atoms with Crippen molar-refractivity contribution in [2.24, 2.45) is 5.41 Å². The van der Waals surface area contributed by atoms with Gasteiger partial charge in [-0.25, -0.2) is 0 Å². The molecule has 1 aromatic rings. The molecule has 2 fully saturated rings. The van der Waals surface area contributed by atoms with Crippen molar-refractivity contribution in [1.29, 1.82) is 0 Å². The lowest BCUT2D eigenvalue weighted by Gasteiger charge is -2.25. The van der Waals surface area contributed by atoms with E-state index >= 15 is 0 Å². The number of rotatable bonds is 4. The number of ether oxygens (including phenoxy) is 1. The van der Waals surface area contributed by atoms with Gasteiger partial charge in [-0.3, -0.25) is 9.59 Å². The average Bonchev–Trinajstić information content (AvgIpc) is 3.40. The molecule has 124 valence electrons. The molecular weight excluding hydrogens is 292 g/mol. The zero-order chi connectivity index (χ0) is 16.3. The van der Waals surface area contributed by atoms with Crippen molar-refractivity contribution >= 4 is 17.5 Å². The Morgan fingerprint density at radius 2 is 1.65 bits per heavy atom. The number of nitrogens with one attached hydrogen (secondary N) is 1. The largest absolute Gasteiger partial charge is 0.497 e. The number of anilines is 1. The Kier molecular flexibility index (Phi) is 4.55. The Morgan fingerprint density at radius 1 is 1.04 bits per heavy atom. The zero-order valence-electron chi connectivity index (χ0n) is 13.6. The summed E-state index contributed by atoms with van der Waals surface area (Å²) in [6.07, 6.45) is 5.75. The third-order valence-electron chi connectivity index (χ3n) is 4.84. The molecule has 1 heterocycles. The second-order valence-electron chi connectivity index (χ2n) is 6.47. The first kappa shape index (κ1) is 15.8. The number of carbonyl (C=O) groups excluding carboxylic acids is 2. The Hall–Kier alpha value is -2.04. The summed E-state index contributed by atoms with van der Waals surface area (Å²) in [6, 6.07) is 7.18. The molecule has 0 spiro atoms. The van der Waals surface area contributed by atoms with Gasteiger partial charge < -0.3 is 15.0 Å². The molecule has 1 aromatic carbocycles. The van der Waals surface area contributed by atoms with E-state index in [1.54, 1.807) is 31.4 Å². The van der Waals surface area contributed by atoms with Crippen molar-refractivity contribution in [3.05, 3.63) is 24.3 Å². The lowest BCUT2D eigenvalue weighted by molar-refractivity contribution is -0.142. The fourth-order valence-electron chi connectivity index (χ4n) is 3.16. The van der Waals surface area contributed by atoms with E-state index in [-0.39, 0.29) is 11.8 Å². The quantitative estimate of drug-likeness (QED) is 0.869. The summed E-state index contributed by atoms with van der Waals surface area (Å²) in [5.41, 5.74) is -0.129. The SMILES string of the molecule is COc1ccc(NC(=O)C2(C(=O)N3CCCCCC3)CC2)cc1. The Morgan fingerprint density at radius 3 is 2.17 bits per heavy atom. The Balaban J connectivity index is 1.66. The van der Waals surface area contributed by atoms with Gasteiger partial charge in [0.25, 0.3) is 0 Å². The standard InChI is InChI=1S/C18H24N2O3/c1-23-15-8-6-14(7-9-15)19-16(21)18(10-11-18)17(22)20-12-4-2-3-5-13-20/h6-9H,2-5,10-13H2,1H3,(H,19,21). The zero-order valence-corrected chi connectivity index (χ0v) is 13.6. The lowest BCUT2D eigenvalue weighted by atomic mass is 10.0. The lowest BCUT2D eigenvalue weighted by Crippen LogP contribution is -2.43. The van der Waals surface area contributed by atoms with Crippen LogP contribution in [0.1, 0.15) is 38.5 Å². The predicted octanol–water partition coefficient (Wildman–Crippen LogP) is 2.82. The first-order chi connectivity index (χ1) is 11.2. The van der Waals surface area contributed by atoms with Crippen LogP contribution in [-0.2, 0) is 9.59 Å². The molecule has 1 aliphatic heterocycles. The minimum Gasteiger partial charge on any atom is -0.497 e. The maximum absolute atomic E-state index is 12.8. The molecule has 0 radical (unpaired) electrons. The number of methoxy groups -OCH3 is 1. The smallest absolute Gasteiger partial charge is 0.240 e. The minimum absolute atomic E-state index is 0.0189. The second kappa shape index (κ2) is 6.60. The van der Waals surface area contributed by atoms with Crippen molar-refractivity contribution in [1.82, 2.24) is 4.90 Å². The van der Waals surface area contributed by atoms with Crippen LogP contribution in [-0.4, -0.2) is 36.9 Å². The van der Waals surface area contributed by atoms with Crippen LogP contribution in [0.15, 0.2) is 24.3 Å². The third kappa shape index (κ3) is 3.33. The van der Waals surface area contributed by atoms with Gasteiger partial charge in [-0.05, 0) is 49.9 Å². The Bertz CT molecular complexity index is 570. The molecule has 2 amide bonds. The van der Waals surface area contributed by atoms with Gasteiger partial charge in [0, 0.05) is 18.8 Å². The highest BCUT2D eigenvalue weighted by molar-refractivity contribution is 6.13. The fourth-order valence-corrected chi connectivity index (χ4v) is 3.16. The van der Waals surface area contributed by atoms with E-state index in [1.165, 1.54) is 12.8 Å². The minimum atomic E-state index is -0.829. The molecule has 0 atom stereocenters. The molecule has 3 rings (SSSR count). The van der Waals surface area contributed by atoms with Crippen molar-refractivity contribution in [3.8, 4) is 5.75 Å². The topological polar surface area (TPSA) is 58.6 Å². The molecule has 1 saturated heterocycles. The molecule has 2 aliphatic rings. The summed E-state index contributed by atoms with van der Waals surface area (Å²) >= 11 is 0. The van der Waals surface area contributed by atoms with Crippen LogP contribution in [0.2, 0.25) is 0 Å². The van der Waals surface area contributed by atoms with Gasteiger partial charge in [-0.15, -0.1) is 0 Å². The van der Waals surface area contributed by atoms with Gasteiger partial charge in [-0.1, -0.05) is 12.8 Å². The van der Waals surface area contributed by atoms with Crippen LogP contribution >= 0.6 is 0 Å². The number of carbonyl (C=O) groups is 2. The molecule has 23 heavy (non-hydrogen) atoms. The summed E-state index contributed by atoms with van der Waals surface area (Å²) in [5, 5.41) is 2.89. The second-order valence-corrected chi connectivity index (χ2v) is 6.47. The van der Waals surface area contributed by atoms with Gasteiger partial charge >= 0.3 is 0 Å². The van der Waals surface area contributed by atoms with Gasteiger partial charge in [-0.2, -0.15) is 0 Å². The molecule has 0 aromatic heterocycles. The van der Waals surface area contributed by atoms with E-state index in [0.717, 1.165) is 31.7 Å². The predicted molar refractivity (Wildman–Crippen MR) is 88.3 cm³/mol. The monoisotopic (exact) mass is 316 g/mol. The van der Waals surface area contributed by atoms with Gasteiger partial charge in [0.15, 0.2) is 0 Å². The van der Waals surface area contributed by atoms with E-state index in [1.807, 2.05) is 4.90 Å². The summed E-state index contributed by atoms with van der Waals surface area (Å²) in [6.45, 7) is 1.58. The van der Waals surface area contributed by atoms with E-state index in [2.05, 4.69) is 5.32 Å². The fraction of sp³-hybridized carbons (Fsp3) is 0.556. The molecule has 5 heteroatoms. The number of amides is 2. The Labute approximate surface area is 137 Å². The molecule has 0 bridgehead atoms. The maximum Gasteiger partial charge on any atom is 0.240 e. The van der Waals surface area contributed by atoms with Crippen LogP contribution < -0.4 is 10.1 Å². The highest BCUT2D eigenvalue weighted by Gasteiger charge is 2.57. The number of hydrogen-bond acceptors (Lipinski definition) is 3. The molecule has 1 saturated carbocycles. The summed E-state index contributed by atoms with van der Waals surface area (Å²) in [7, 11) is 1.60. The van der Waals surface area contributed by atoms with Gasteiger partial charge in [0.2, 0.25) is 11.8 Å². The third-order valence-corrected chi connectivity index (χ3v) is 4.84. The van der Waals surface area contributed by atoms with Crippen LogP contribution in [0.25, 0.3) is 0 Å². The highest BCUT2D eigenvalue weighted by Crippen LogP contribution is 2.48. The van der Waals surface area contributed by atoms with Crippen molar-refractivity contribution in [3.63, 3.8) is 0 Å². The summed E-state index contributed by atoms with van der Waals surface area (Å²) in [4.78, 5) is 27.3. The summed E-state index contributed by atoms with van der Waals surface area (Å²) < 4.78 is 5.11. The highest BCUT2D eigenvalue weighted by atomic mass is 16.5. The van der Waals surface area contributed by atoms with Crippen molar-refractivity contribution < 1.29 is 14.3 Å².